The van der Waals surface area contributed by atoms with Crippen LogP contribution in [-0.2, 0) is 4.79 Å². The first-order valence-corrected chi connectivity index (χ1v) is 6.04. The normalized spacial score (nSPS) is 26.7. The van der Waals surface area contributed by atoms with Gasteiger partial charge in [-0.15, -0.1) is 0 Å². The minimum atomic E-state index is 0.206. The van der Waals surface area contributed by atoms with E-state index < -0.39 is 0 Å². The second-order valence-electron chi connectivity index (χ2n) is 4.77. The van der Waals surface area contributed by atoms with Crippen LogP contribution in [0.25, 0.3) is 0 Å². The lowest BCUT2D eigenvalue weighted by atomic mass is 9.88. The van der Waals surface area contributed by atoms with Crippen molar-refractivity contribution in [2.45, 2.75) is 64.6 Å². The highest BCUT2D eigenvalue weighted by Crippen LogP contribution is 2.24. The van der Waals surface area contributed by atoms with Crippen LogP contribution in [0.3, 0.4) is 0 Å². The minimum Gasteiger partial charge on any atom is -0.336 e. The predicted octanol–water partition coefficient (Wildman–Crippen LogP) is 1.77. The third-order valence-corrected chi connectivity index (χ3v) is 3.38. The second kappa shape index (κ2) is 5.50. The van der Waals surface area contributed by atoms with E-state index in [0.29, 0.717) is 18.1 Å². The molecule has 1 aliphatic rings. The van der Waals surface area contributed by atoms with Gasteiger partial charge in [0.05, 0.1) is 0 Å². The minimum absolute atomic E-state index is 0.206. The highest BCUT2D eigenvalue weighted by atomic mass is 16.2. The van der Waals surface area contributed by atoms with Gasteiger partial charge in [0.1, 0.15) is 0 Å². The summed E-state index contributed by atoms with van der Waals surface area (Å²) in [4.78, 5) is 13.7. The molecule has 15 heavy (non-hydrogen) atoms. The maximum Gasteiger partial charge on any atom is 0.219 e. The Morgan fingerprint density at radius 3 is 2.40 bits per heavy atom. The molecule has 3 heteroatoms. The van der Waals surface area contributed by atoms with E-state index in [9.17, 15) is 4.79 Å². The molecule has 0 bridgehead atoms. The van der Waals surface area contributed by atoms with E-state index in [1.165, 1.54) is 19.3 Å². The molecule has 1 N–H and O–H groups in total. The molecule has 0 aliphatic heterocycles. The molecule has 0 heterocycles. The van der Waals surface area contributed by atoms with Crippen molar-refractivity contribution in [1.29, 1.82) is 0 Å². The van der Waals surface area contributed by atoms with Crippen LogP contribution in [-0.4, -0.2) is 36.0 Å². The van der Waals surface area contributed by atoms with Crippen LogP contribution in [0, 0.1) is 0 Å². The number of hydrogen-bond acceptors (Lipinski definition) is 2. The standard InChI is InChI=1S/C12H24N2O/c1-9(2)14(10(3)15)12-8-6-5-7-11(12)13-4/h9,11-13H,5-8H2,1-4H3/t11-,12+/m1/s1. The molecule has 0 aromatic carbocycles. The molecule has 0 radical (unpaired) electrons. The van der Waals surface area contributed by atoms with Gasteiger partial charge in [0.15, 0.2) is 0 Å². The van der Waals surface area contributed by atoms with Crippen LogP contribution >= 0.6 is 0 Å². The molecule has 1 fully saturated rings. The molecule has 0 aromatic heterocycles. The fraction of sp³-hybridized carbons (Fsp3) is 0.917. The predicted molar refractivity (Wildman–Crippen MR) is 62.8 cm³/mol. The molecule has 2 atom stereocenters. The van der Waals surface area contributed by atoms with Crippen LogP contribution in [0.2, 0.25) is 0 Å². The van der Waals surface area contributed by atoms with Crippen LogP contribution in [0.1, 0.15) is 46.5 Å². The van der Waals surface area contributed by atoms with Crippen molar-refractivity contribution in [1.82, 2.24) is 10.2 Å². The molecule has 1 aliphatic carbocycles. The quantitative estimate of drug-likeness (QED) is 0.773. The summed E-state index contributed by atoms with van der Waals surface area (Å²) in [5, 5.41) is 3.35. The fourth-order valence-corrected chi connectivity index (χ4v) is 2.76. The largest absolute Gasteiger partial charge is 0.336 e. The zero-order valence-corrected chi connectivity index (χ0v) is 10.4. The first kappa shape index (κ1) is 12.5. The van der Waals surface area contributed by atoms with Gasteiger partial charge in [0, 0.05) is 25.0 Å². The van der Waals surface area contributed by atoms with Crippen molar-refractivity contribution < 1.29 is 4.79 Å². The summed E-state index contributed by atoms with van der Waals surface area (Å²) in [7, 11) is 2.00. The molecule has 1 rings (SSSR count). The Hall–Kier alpha value is -0.570. The number of rotatable bonds is 3. The van der Waals surface area contributed by atoms with Crippen molar-refractivity contribution in [2.24, 2.45) is 0 Å². The van der Waals surface area contributed by atoms with Gasteiger partial charge < -0.3 is 10.2 Å². The number of amides is 1. The zero-order valence-electron chi connectivity index (χ0n) is 10.4. The van der Waals surface area contributed by atoms with Gasteiger partial charge in [0.2, 0.25) is 5.91 Å². The second-order valence-corrected chi connectivity index (χ2v) is 4.77. The van der Waals surface area contributed by atoms with E-state index in [0.717, 1.165) is 6.42 Å². The van der Waals surface area contributed by atoms with Gasteiger partial charge in [-0.3, -0.25) is 4.79 Å². The van der Waals surface area contributed by atoms with Gasteiger partial charge in [-0.2, -0.15) is 0 Å². The molecule has 1 saturated carbocycles. The molecule has 0 unspecified atom stereocenters. The van der Waals surface area contributed by atoms with Crippen LogP contribution < -0.4 is 5.32 Å². The Bertz CT molecular complexity index is 216. The van der Waals surface area contributed by atoms with Crippen LogP contribution in [0.5, 0.6) is 0 Å². The summed E-state index contributed by atoms with van der Waals surface area (Å²) in [6, 6.07) is 1.17. The monoisotopic (exact) mass is 212 g/mol. The lowest BCUT2D eigenvalue weighted by Gasteiger charge is -2.41. The Balaban J connectivity index is 2.75. The van der Waals surface area contributed by atoms with Gasteiger partial charge in [-0.25, -0.2) is 0 Å². The van der Waals surface area contributed by atoms with Crippen molar-refractivity contribution >= 4 is 5.91 Å². The van der Waals surface area contributed by atoms with E-state index in [2.05, 4.69) is 19.2 Å². The number of carbonyl (C=O) groups excluding carboxylic acids is 1. The van der Waals surface area contributed by atoms with Crippen molar-refractivity contribution in [3.63, 3.8) is 0 Å². The van der Waals surface area contributed by atoms with E-state index in [1.807, 2.05) is 11.9 Å². The highest BCUT2D eigenvalue weighted by molar-refractivity contribution is 5.74. The molecule has 0 spiro atoms. The number of likely N-dealkylation sites (N-methyl/N-ethyl adjacent to an activating group) is 1. The number of nitrogens with one attached hydrogen (secondary N) is 1. The lowest BCUT2D eigenvalue weighted by Crippen LogP contribution is -2.54. The molecule has 0 saturated heterocycles. The Labute approximate surface area is 93.2 Å². The Kier molecular flexibility index (Phi) is 4.58. The number of nitrogens with zero attached hydrogens (tertiary/aromatic N) is 1. The zero-order chi connectivity index (χ0) is 11.4. The van der Waals surface area contributed by atoms with Gasteiger partial charge >= 0.3 is 0 Å². The van der Waals surface area contributed by atoms with Gasteiger partial charge in [0.25, 0.3) is 0 Å². The Morgan fingerprint density at radius 2 is 1.93 bits per heavy atom. The molecule has 88 valence electrons. The third-order valence-electron chi connectivity index (χ3n) is 3.38. The molecule has 3 nitrogen and oxygen atoms in total. The summed E-state index contributed by atoms with van der Waals surface area (Å²) < 4.78 is 0. The SMILES string of the molecule is CN[C@@H]1CCCC[C@@H]1N(C(C)=O)C(C)C. The van der Waals surface area contributed by atoms with E-state index in [1.54, 1.807) is 6.92 Å². The van der Waals surface area contributed by atoms with Crippen LogP contribution in [0.4, 0.5) is 0 Å². The van der Waals surface area contributed by atoms with E-state index >= 15 is 0 Å². The molecule has 1 amide bonds. The molecule has 0 aromatic rings. The van der Waals surface area contributed by atoms with Crippen molar-refractivity contribution in [3.8, 4) is 0 Å². The van der Waals surface area contributed by atoms with Crippen LogP contribution in [0.15, 0.2) is 0 Å². The average molecular weight is 212 g/mol. The lowest BCUT2D eigenvalue weighted by molar-refractivity contribution is -0.134. The fourth-order valence-electron chi connectivity index (χ4n) is 2.76. The molecular weight excluding hydrogens is 188 g/mol. The van der Waals surface area contributed by atoms with E-state index in [4.69, 9.17) is 0 Å². The summed E-state index contributed by atoms with van der Waals surface area (Å²) in [6.07, 6.45) is 4.87. The number of carbonyl (C=O) groups is 1. The van der Waals surface area contributed by atoms with Crippen molar-refractivity contribution in [3.05, 3.63) is 0 Å². The maximum atomic E-state index is 11.6. The first-order chi connectivity index (χ1) is 7.07. The van der Waals surface area contributed by atoms with E-state index in [-0.39, 0.29) is 5.91 Å². The summed E-state index contributed by atoms with van der Waals surface area (Å²) >= 11 is 0. The first-order valence-electron chi connectivity index (χ1n) is 6.04. The highest BCUT2D eigenvalue weighted by Gasteiger charge is 2.31. The summed E-state index contributed by atoms with van der Waals surface area (Å²) in [5.41, 5.74) is 0. The average Bonchev–Trinajstić information content (AvgIpc) is 2.17. The topological polar surface area (TPSA) is 32.3 Å². The third kappa shape index (κ3) is 2.94. The maximum absolute atomic E-state index is 11.6. The van der Waals surface area contributed by atoms with Gasteiger partial charge in [-0.05, 0) is 33.7 Å². The van der Waals surface area contributed by atoms with Gasteiger partial charge in [-0.1, -0.05) is 12.8 Å². The summed E-state index contributed by atoms with van der Waals surface area (Å²) in [5.74, 6) is 0.206. The number of hydrogen-bond donors (Lipinski definition) is 1. The smallest absolute Gasteiger partial charge is 0.219 e. The summed E-state index contributed by atoms with van der Waals surface area (Å²) in [6.45, 7) is 5.88. The Morgan fingerprint density at radius 1 is 1.33 bits per heavy atom. The molecular formula is C12H24N2O. The van der Waals surface area contributed by atoms with Crippen molar-refractivity contribution in [2.75, 3.05) is 7.05 Å².